The van der Waals surface area contributed by atoms with E-state index in [9.17, 15) is 0 Å². The molecule has 12 heavy (non-hydrogen) atoms. The van der Waals surface area contributed by atoms with Gasteiger partial charge in [-0.1, -0.05) is 17.7 Å². The Morgan fingerprint density at radius 3 is 3.08 bits per heavy atom. The summed E-state index contributed by atoms with van der Waals surface area (Å²) in [5.41, 5.74) is 1.86. The van der Waals surface area contributed by atoms with Gasteiger partial charge >= 0.3 is 0 Å². The Bertz CT molecular complexity index is 310. The minimum Gasteiger partial charge on any atom is -0.493 e. The maximum absolute atomic E-state index is 8.97. The van der Waals surface area contributed by atoms with E-state index in [1.54, 1.807) is 12.1 Å². The van der Waals surface area contributed by atoms with Crippen molar-refractivity contribution in [1.29, 1.82) is 0 Å². The average Bonchev–Trinajstić information content (AvgIpc) is 2.54. The van der Waals surface area contributed by atoms with Gasteiger partial charge in [0, 0.05) is 22.6 Å². The molecular weight excluding hydrogens is 176 g/mol. The fraction of sp³-hybridized carbons (Fsp3) is 0.333. The summed E-state index contributed by atoms with van der Waals surface area (Å²) in [5, 5.41) is 9.71. The fourth-order valence-corrected chi connectivity index (χ4v) is 1.69. The van der Waals surface area contributed by atoms with E-state index in [0.717, 1.165) is 28.3 Å². The number of aliphatic hydroxyl groups is 1. The summed E-state index contributed by atoms with van der Waals surface area (Å²) in [6.45, 7) is 0.686. The van der Waals surface area contributed by atoms with Crippen LogP contribution in [0, 0.1) is 0 Å². The van der Waals surface area contributed by atoms with Crippen molar-refractivity contribution in [2.45, 2.75) is 13.0 Å². The minimum absolute atomic E-state index is 0.0134. The van der Waals surface area contributed by atoms with Gasteiger partial charge in [0.15, 0.2) is 0 Å². The SMILES string of the molecule is OCc1ccc(Cl)c2c1OCC2. The molecule has 2 nitrogen and oxygen atoms in total. The first kappa shape index (κ1) is 7.90. The van der Waals surface area contributed by atoms with Crippen molar-refractivity contribution in [3.8, 4) is 5.75 Å². The van der Waals surface area contributed by atoms with Crippen molar-refractivity contribution >= 4 is 11.6 Å². The molecule has 0 aliphatic carbocycles. The van der Waals surface area contributed by atoms with Crippen LogP contribution >= 0.6 is 11.6 Å². The molecule has 0 amide bonds. The Kier molecular flexibility index (Phi) is 1.95. The fourth-order valence-electron chi connectivity index (χ4n) is 1.44. The number of hydrogen-bond donors (Lipinski definition) is 1. The average molecular weight is 185 g/mol. The summed E-state index contributed by atoms with van der Waals surface area (Å²) >= 11 is 5.94. The summed E-state index contributed by atoms with van der Waals surface area (Å²) in [4.78, 5) is 0. The van der Waals surface area contributed by atoms with Gasteiger partial charge in [-0.15, -0.1) is 0 Å². The molecule has 1 aliphatic rings. The molecule has 0 unspecified atom stereocenters. The maximum Gasteiger partial charge on any atom is 0.129 e. The van der Waals surface area contributed by atoms with Gasteiger partial charge in [0.2, 0.25) is 0 Å². The Morgan fingerprint density at radius 2 is 2.33 bits per heavy atom. The van der Waals surface area contributed by atoms with E-state index in [-0.39, 0.29) is 6.61 Å². The normalized spacial score (nSPS) is 14.2. The summed E-state index contributed by atoms with van der Waals surface area (Å²) in [6, 6.07) is 3.60. The second kappa shape index (κ2) is 2.96. The maximum atomic E-state index is 8.97. The van der Waals surface area contributed by atoms with Crippen LogP contribution in [0.5, 0.6) is 5.75 Å². The van der Waals surface area contributed by atoms with Crippen molar-refractivity contribution in [1.82, 2.24) is 0 Å². The van der Waals surface area contributed by atoms with Gasteiger partial charge in [-0.05, 0) is 6.07 Å². The monoisotopic (exact) mass is 184 g/mol. The zero-order chi connectivity index (χ0) is 8.55. The number of rotatable bonds is 1. The van der Waals surface area contributed by atoms with Crippen LogP contribution in [0.25, 0.3) is 0 Å². The van der Waals surface area contributed by atoms with E-state index in [1.807, 2.05) is 0 Å². The van der Waals surface area contributed by atoms with Crippen LogP contribution in [0.4, 0.5) is 0 Å². The van der Waals surface area contributed by atoms with Gasteiger partial charge in [-0.3, -0.25) is 0 Å². The highest BCUT2D eigenvalue weighted by Crippen LogP contribution is 2.34. The molecule has 0 radical (unpaired) electrons. The number of fused-ring (bicyclic) bond motifs is 1. The Hall–Kier alpha value is -0.730. The largest absolute Gasteiger partial charge is 0.493 e. The van der Waals surface area contributed by atoms with Crippen LogP contribution in [-0.4, -0.2) is 11.7 Å². The van der Waals surface area contributed by atoms with Crippen LogP contribution in [-0.2, 0) is 13.0 Å². The molecule has 0 spiro atoms. The molecular formula is C9H9ClO2. The van der Waals surface area contributed by atoms with E-state index < -0.39 is 0 Å². The number of hydrogen-bond acceptors (Lipinski definition) is 2. The highest BCUT2D eigenvalue weighted by atomic mass is 35.5. The molecule has 1 aromatic carbocycles. The molecule has 1 heterocycles. The van der Waals surface area contributed by atoms with Gasteiger partial charge < -0.3 is 9.84 Å². The van der Waals surface area contributed by atoms with Crippen LogP contribution in [0.15, 0.2) is 12.1 Å². The second-order valence-electron chi connectivity index (χ2n) is 2.77. The molecule has 1 aromatic rings. The van der Waals surface area contributed by atoms with Gasteiger partial charge in [-0.25, -0.2) is 0 Å². The highest BCUT2D eigenvalue weighted by Gasteiger charge is 2.18. The summed E-state index contributed by atoms with van der Waals surface area (Å²) in [7, 11) is 0. The van der Waals surface area contributed by atoms with Crippen LogP contribution < -0.4 is 4.74 Å². The minimum atomic E-state index is 0.0134. The molecule has 0 atom stereocenters. The third kappa shape index (κ3) is 1.08. The quantitative estimate of drug-likeness (QED) is 0.721. The van der Waals surface area contributed by atoms with Gasteiger partial charge in [0.1, 0.15) is 5.75 Å². The lowest BCUT2D eigenvalue weighted by atomic mass is 10.1. The van der Waals surface area contributed by atoms with Crippen LogP contribution in [0.3, 0.4) is 0 Å². The molecule has 64 valence electrons. The molecule has 0 aromatic heterocycles. The smallest absolute Gasteiger partial charge is 0.129 e. The van der Waals surface area contributed by atoms with Gasteiger partial charge in [-0.2, -0.15) is 0 Å². The third-order valence-corrected chi connectivity index (χ3v) is 2.41. The van der Waals surface area contributed by atoms with E-state index in [4.69, 9.17) is 21.4 Å². The number of ether oxygens (including phenoxy) is 1. The van der Waals surface area contributed by atoms with Crippen LogP contribution in [0.1, 0.15) is 11.1 Å². The molecule has 3 heteroatoms. The standard InChI is InChI=1S/C9H9ClO2/c10-8-2-1-6(5-11)9-7(8)3-4-12-9/h1-2,11H,3-5H2. The van der Waals surface area contributed by atoms with Crippen molar-refractivity contribution in [2.75, 3.05) is 6.61 Å². The number of benzene rings is 1. The molecule has 2 rings (SSSR count). The lowest BCUT2D eigenvalue weighted by molar-refractivity contribution is 0.271. The Labute approximate surface area is 75.7 Å². The zero-order valence-corrected chi connectivity index (χ0v) is 7.27. The molecule has 1 aliphatic heterocycles. The van der Waals surface area contributed by atoms with Crippen molar-refractivity contribution in [3.05, 3.63) is 28.3 Å². The van der Waals surface area contributed by atoms with E-state index >= 15 is 0 Å². The predicted octanol–water partition coefficient (Wildman–Crippen LogP) is 1.77. The molecule has 1 N–H and O–H groups in total. The van der Waals surface area contributed by atoms with Crippen LogP contribution in [0.2, 0.25) is 5.02 Å². The molecule has 0 fully saturated rings. The van der Waals surface area contributed by atoms with Crippen molar-refractivity contribution in [2.24, 2.45) is 0 Å². The number of aliphatic hydroxyl groups excluding tert-OH is 1. The summed E-state index contributed by atoms with van der Waals surface area (Å²) in [5.74, 6) is 0.782. The van der Waals surface area contributed by atoms with Gasteiger partial charge in [0.05, 0.1) is 13.2 Å². The van der Waals surface area contributed by atoms with E-state index in [0.29, 0.717) is 6.61 Å². The molecule has 0 saturated heterocycles. The second-order valence-corrected chi connectivity index (χ2v) is 3.18. The molecule has 0 saturated carbocycles. The first-order chi connectivity index (χ1) is 5.83. The van der Waals surface area contributed by atoms with E-state index in [2.05, 4.69) is 0 Å². The summed E-state index contributed by atoms with van der Waals surface area (Å²) in [6.07, 6.45) is 0.849. The molecule has 0 bridgehead atoms. The van der Waals surface area contributed by atoms with Gasteiger partial charge in [0.25, 0.3) is 0 Å². The van der Waals surface area contributed by atoms with E-state index in [1.165, 1.54) is 0 Å². The predicted molar refractivity (Wildman–Crippen MR) is 46.6 cm³/mol. The zero-order valence-electron chi connectivity index (χ0n) is 6.51. The highest BCUT2D eigenvalue weighted by molar-refractivity contribution is 6.31. The first-order valence-electron chi connectivity index (χ1n) is 3.87. The lowest BCUT2D eigenvalue weighted by Gasteiger charge is -2.05. The first-order valence-corrected chi connectivity index (χ1v) is 4.24. The number of halogens is 1. The van der Waals surface area contributed by atoms with Crippen molar-refractivity contribution < 1.29 is 9.84 Å². The summed E-state index contributed by atoms with van der Waals surface area (Å²) < 4.78 is 5.36. The third-order valence-electron chi connectivity index (χ3n) is 2.05. The Morgan fingerprint density at radius 1 is 1.50 bits per heavy atom. The topological polar surface area (TPSA) is 29.5 Å². The van der Waals surface area contributed by atoms with Crippen molar-refractivity contribution in [3.63, 3.8) is 0 Å². The Balaban J connectivity index is 2.57. The lowest BCUT2D eigenvalue weighted by Crippen LogP contribution is -1.91.